The van der Waals surface area contributed by atoms with Crippen LogP contribution in [-0.4, -0.2) is 26.8 Å². The lowest BCUT2D eigenvalue weighted by molar-refractivity contribution is -0.139. The molecule has 2 heterocycles. The number of rotatable bonds is 7. The molecule has 1 aromatic carbocycles. The third-order valence-corrected chi connectivity index (χ3v) is 8.15. The molecule has 2 N–H and O–H groups in total. The predicted molar refractivity (Wildman–Crippen MR) is 110 cm³/mol. The Kier molecular flexibility index (Phi) is 6.78. The second-order valence-corrected chi connectivity index (χ2v) is 10.1. The number of sulfone groups is 1. The van der Waals surface area contributed by atoms with E-state index in [-0.39, 0.29) is 18.0 Å². The van der Waals surface area contributed by atoms with E-state index < -0.39 is 32.7 Å². The van der Waals surface area contributed by atoms with Crippen LogP contribution in [0.1, 0.15) is 15.0 Å². The third kappa shape index (κ3) is 5.28. The van der Waals surface area contributed by atoms with E-state index >= 15 is 0 Å². The molecule has 0 radical (unpaired) electrons. The second-order valence-electron chi connectivity index (χ2n) is 5.98. The van der Waals surface area contributed by atoms with Gasteiger partial charge in [0.2, 0.25) is 0 Å². The lowest BCUT2D eigenvalue weighted by atomic mass is 10.3. The molecular formula is C19H17FN2O4S3. The Labute approximate surface area is 175 Å². The fourth-order valence-corrected chi connectivity index (χ4v) is 5.98. The van der Waals surface area contributed by atoms with Crippen molar-refractivity contribution in [3.63, 3.8) is 0 Å². The van der Waals surface area contributed by atoms with E-state index in [2.05, 4.69) is 10.6 Å². The highest BCUT2D eigenvalue weighted by Crippen LogP contribution is 2.31. The largest absolute Gasteiger partial charge is 0.346 e. The molecule has 0 aliphatic heterocycles. The number of carbonyl (C=O) groups is 2. The Bertz CT molecular complexity index is 1060. The number of nitrogens with one attached hydrogen (secondary N) is 2. The first-order valence-corrected chi connectivity index (χ1v) is 11.8. The highest BCUT2D eigenvalue weighted by atomic mass is 32.2. The van der Waals surface area contributed by atoms with E-state index in [1.54, 1.807) is 17.5 Å². The fraction of sp³-hybridized carbons (Fsp3) is 0.158. The third-order valence-electron chi connectivity index (χ3n) is 4.03. The van der Waals surface area contributed by atoms with E-state index in [0.717, 1.165) is 17.0 Å². The van der Waals surface area contributed by atoms with Crippen LogP contribution in [-0.2, 0) is 26.0 Å². The molecule has 3 rings (SSSR count). The average Bonchev–Trinajstić information content (AvgIpc) is 3.40. The van der Waals surface area contributed by atoms with Crippen molar-refractivity contribution in [2.45, 2.75) is 16.7 Å². The summed E-state index contributed by atoms with van der Waals surface area (Å²) in [5.41, 5.74) is 0. The van der Waals surface area contributed by atoms with Gasteiger partial charge in [-0.15, -0.1) is 22.7 Å². The molecular weight excluding hydrogens is 435 g/mol. The minimum atomic E-state index is -3.91. The van der Waals surface area contributed by atoms with Gasteiger partial charge in [0.1, 0.15) is 11.1 Å². The van der Waals surface area contributed by atoms with Gasteiger partial charge in [-0.3, -0.25) is 9.59 Å². The lowest BCUT2D eigenvalue weighted by Gasteiger charge is -2.17. The van der Waals surface area contributed by atoms with Crippen LogP contribution in [0.5, 0.6) is 0 Å². The molecule has 0 fully saturated rings. The van der Waals surface area contributed by atoms with Gasteiger partial charge < -0.3 is 10.6 Å². The molecule has 1 unspecified atom stereocenters. The van der Waals surface area contributed by atoms with E-state index in [4.69, 9.17) is 0 Å². The molecule has 0 bridgehead atoms. The summed E-state index contributed by atoms with van der Waals surface area (Å²) in [7, 11) is -3.91. The molecule has 6 nitrogen and oxygen atoms in total. The van der Waals surface area contributed by atoms with Crippen molar-refractivity contribution in [1.29, 1.82) is 0 Å². The molecule has 1 atom stereocenters. The van der Waals surface area contributed by atoms with Crippen molar-refractivity contribution in [3.05, 3.63) is 74.9 Å². The van der Waals surface area contributed by atoms with Crippen LogP contribution in [0.25, 0.3) is 0 Å². The molecule has 29 heavy (non-hydrogen) atoms. The first kappa shape index (κ1) is 21.2. The number of amides is 2. The smallest absolute Gasteiger partial charge is 0.309 e. The van der Waals surface area contributed by atoms with Crippen LogP contribution in [0.4, 0.5) is 4.39 Å². The molecule has 2 amide bonds. The zero-order valence-electron chi connectivity index (χ0n) is 15.0. The molecule has 0 saturated carbocycles. The second kappa shape index (κ2) is 9.29. The van der Waals surface area contributed by atoms with Gasteiger partial charge in [-0.25, -0.2) is 12.8 Å². The molecule has 0 spiro atoms. The minimum Gasteiger partial charge on any atom is -0.346 e. The lowest BCUT2D eigenvalue weighted by Crippen LogP contribution is -2.41. The van der Waals surface area contributed by atoms with Gasteiger partial charge in [0.05, 0.1) is 11.4 Å². The molecule has 2 aromatic heterocycles. The summed E-state index contributed by atoms with van der Waals surface area (Å²) in [5, 5.41) is 7.36. The number of thiophene rings is 2. The molecule has 10 heteroatoms. The summed E-state index contributed by atoms with van der Waals surface area (Å²) in [6.45, 7) is -0.0718. The van der Waals surface area contributed by atoms with Gasteiger partial charge in [0.15, 0.2) is 9.84 Å². The highest BCUT2D eigenvalue weighted by Gasteiger charge is 2.31. The van der Waals surface area contributed by atoms with Crippen molar-refractivity contribution in [1.82, 2.24) is 10.6 Å². The summed E-state index contributed by atoms with van der Waals surface area (Å²) >= 11 is 2.66. The summed E-state index contributed by atoms with van der Waals surface area (Å²) < 4.78 is 39.3. The number of benzene rings is 1. The monoisotopic (exact) mass is 452 g/mol. The maximum absolute atomic E-state index is 13.2. The molecule has 0 aliphatic rings. The molecule has 0 saturated heterocycles. The van der Waals surface area contributed by atoms with Crippen molar-refractivity contribution < 1.29 is 22.4 Å². The van der Waals surface area contributed by atoms with Crippen LogP contribution < -0.4 is 10.6 Å². The maximum atomic E-state index is 13.2. The first-order chi connectivity index (χ1) is 13.9. The van der Waals surface area contributed by atoms with Crippen LogP contribution >= 0.6 is 22.7 Å². The van der Waals surface area contributed by atoms with Gasteiger partial charge in [-0.1, -0.05) is 12.1 Å². The highest BCUT2D eigenvalue weighted by molar-refractivity contribution is 7.91. The number of hydrogen-bond donors (Lipinski definition) is 2. The van der Waals surface area contributed by atoms with Crippen molar-refractivity contribution in [2.24, 2.45) is 0 Å². The average molecular weight is 453 g/mol. The van der Waals surface area contributed by atoms with Gasteiger partial charge in [-0.05, 0) is 47.2 Å². The Morgan fingerprint density at radius 2 is 1.59 bits per heavy atom. The SMILES string of the molecule is O=C(NCc1cccs1)C(=O)NCC(c1cccs1)S(=O)(=O)c1ccc(F)cc1. The van der Waals surface area contributed by atoms with Crippen molar-refractivity contribution >= 4 is 44.3 Å². The zero-order valence-corrected chi connectivity index (χ0v) is 17.5. The predicted octanol–water partition coefficient (Wildman–Crippen LogP) is 2.90. The standard InChI is InChI=1S/C19H17FN2O4S3/c20-13-5-7-15(8-6-13)29(25,26)17(16-4-2-10-28-16)12-22-19(24)18(23)21-11-14-3-1-9-27-14/h1-10,17H,11-12H2,(H,21,23)(H,22,24). The minimum absolute atomic E-state index is 0.0614. The van der Waals surface area contributed by atoms with Gasteiger partial charge in [0, 0.05) is 16.3 Å². The molecule has 152 valence electrons. The number of hydrogen-bond acceptors (Lipinski definition) is 6. The van der Waals surface area contributed by atoms with Crippen molar-refractivity contribution in [2.75, 3.05) is 6.54 Å². The van der Waals surface area contributed by atoms with Crippen LogP contribution in [0.2, 0.25) is 0 Å². The Hall–Kier alpha value is -2.56. The van der Waals surface area contributed by atoms with Crippen LogP contribution in [0.15, 0.2) is 64.2 Å². The van der Waals surface area contributed by atoms with E-state index in [1.807, 2.05) is 17.5 Å². The van der Waals surface area contributed by atoms with Gasteiger partial charge >= 0.3 is 11.8 Å². The van der Waals surface area contributed by atoms with E-state index in [0.29, 0.717) is 4.88 Å². The normalized spacial score (nSPS) is 12.3. The zero-order chi connectivity index (χ0) is 20.9. The Balaban J connectivity index is 1.70. The Morgan fingerprint density at radius 1 is 0.931 bits per heavy atom. The summed E-state index contributed by atoms with van der Waals surface area (Å²) in [4.78, 5) is 25.4. The van der Waals surface area contributed by atoms with E-state index in [9.17, 15) is 22.4 Å². The van der Waals surface area contributed by atoms with Gasteiger partial charge in [0.25, 0.3) is 0 Å². The van der Waals surface area contributed by atoms with E-state index in [1.165, 1.54) is 34.8 Å². The van der Waals surface area contributed by atoms with Gasteiger partial charge in [-0.2, -0.15) is 0 Å². The van der Waals surface area contributed by atoms with Crippen molar-refractivity contribution in [3.8, 4) is 0 Å². The number of halogens is 1. The summed E-state index contributed by atoms with van der Waals surface area (Å²) in [6, 6.07) is 11.5. The first-order valence-electron chi connectivity index (χ1n) is 8.49. The fourth-order valence-electron chi connectivity index (χ4n) is 2.55. The summed E-state index contributed by atoms with van der Waals surface area (Å²) in [5.74, 6) is -2.31. The number of carbonyl (C=O) groups excluding carboxylic acids is 2. The summed E-state index contributed by atoms with van der Waals surface area (Å²) in [6.07, 6.45) is 0. The Morgan fingerprint density at radius 3 is 2.21 bits per heavy atom. The molecule has 0 aliphatic carbocycles. The quantitative estimate of drug-likeness (QED) is 0.426. The molecule has 3 aromatic rings. The topological polar surface area (TPSA) is 92.3 Å². The van der Waals surface area contributed by atoms with Crippen LogP contribution in [0, 0.1) is 5.82 Å². The van der Waals surface area contributed by atoms with Crippen LogP contribution in [0.3, 0.4) is 0 Å². The maximum Gasteiger partial charge on any atom is 0.309 e.